The van der Waals surface area contributed by atoms with Crippen LogP contribution < -0.4 is 0 Å². The van der Waals surface area contributed by atoms with E-state index in [1.165, 1.54) is 6.07 Å². The Labute approximate surface area is 117 Å². The van der Waals surface area contributed by atoms with Crippen molar-refractivity contribution in [1.29, 1.82) is 0 Å². The maximum Gasteiger partial charge on any atom is 0.335 e. The molecule has 0 saturated heterocycles. The van der Waals surface area contributed by atoms with Crippen LogP contribution in [-0.4, -0.2) is 51.4 Å². The molecule has 6 heteroatoms. The van der Waals surface area contributed by atoms with Crippen molar-refractivity contribution in [3.8, 4) is 0 Å². The standard InChI is InChI=1S/C14H19NO5/c1-10(16)8-15(6-5-13(17)18)9-11-3-2-4-12(7-11)14(19)20/h2-4,7,10,16H,5-6,8-9H2,1H3,(H,17,18)(H,19,20). The summed E-state index contributed by atoms with van der Waals surface area (Å²) in [6, 6.07) is 6.49. The number of aliphatic hydroxyl groups is 1. The summed E-state index contributed by atoms with van der Waals surface area (Å²) in [5, 5.41) is 27.1. The average Bonchev–Trinajstić information content (AvgIpc) is 2.35. The summed E-state index contributed by atoms with van der Waals surface area (Å²) in [4.78, 5) is 23.3. The van der Waals surface area contributed by atoms with Crippen molar-refractivity contribution in [1.82, 2.24) is 4.90 Å². The summed E-state index contributed by atoms with van der Waals surface area (Å²) in [7, 11) is 0. The van der Waals surface area contributed by atoms with Gasteiger partial charge in [-0.25, -0.2) is 4.79 Å². The lowest BCUT2D eigenvalue weighted by Crippen LogP contribution is -2.32. The van der Waals surface area contributed by atoms with Crippen LogP contribution in [0.4, 0.5) is 0 Å². The van der Waals surface area contributed by atoms with Gasteiger partial charge < -0.3 is 15.3 Å². The number of aliphatic hydroxyl groups excluding tert-OH is 1. The fourth-order valence-corrected chi connectivity index (χ4v) is 1.92. The number of carbonyl (C=O) groups is 2. The number of hydrogen-bond acceptors (Lipinski definition) is 4. The number of nitrogens with zero attached hydrogens (tertiary/aromatic N) is 1. The third-order valence-electron chi connectivity index (χ3n) is 2.74. The smallest absolute Gasteiger partial charge is 0.335 e. The quantitative estimate of drug-likeness (QED) is 0.658. The number of carboxylic acid groups (broad SMARTS) is 2. The van der Waals surface area contributed by atoms with Gasteiger partial charge in [-0.3, -0.25) is 9.69 Å². The number of hydrogen-bond donors (Lipinski definition) is 3. The molecule has 0 aliphatic carbocycles. The first-order chi connectivity index (χ1) is 9.38. The van der Waals surface area contributed by atoms with Crippen LogP contribution in [0.15, 0.2) is 24.3 Å². The monoisotopic (exact) mass is 281 g/mol. The van der Waals surface area contributed by atoms with Crippen molar-refractivity contribution in [2.24, 2.45) is 0 Å². The summed E-state index contributed by atoms with van der Waals surface area (Å²) in [6.45, 7) is 2.67. The Hall–Kier alpha value is -1.92. The first kappa shape index (κ1) is 16.1. The molecule has 1 unspecified atom stereocenters. The molecule has 1 aromatic carbocycles. The van der Waals surface area contributed by atoms with Gasteiger partial charge in [0.15, 0.2) is 0 Å². The zero-order valence-electron chi connectivity index (χ0n) is 11.3. The molecule has 1 aromatic rings. The highest BCUT2D eigenvalue weighted by Gasteiger charge is 2.12. The molecule has 20 heavy (non-hydrogen) atoms. The second kappa shape index (κ2) is 7.62. The van der Waals surface area contributed by atoms with Gasteiger partial charge in [-0.2, -0.15) is 0 Å². The fourth-order valence-electron chi connectivity index (χ4n) is 1.92. The first-order valence-corrected chi connectivity index (χ1v) is 6.33. The molecule has 0 fully saturated rings. The highest BCUT2D eigenvalue weighted by molar-refractivity contribution is 5.87. The van der Waals surface area contributed by atoms with Gasteiger partial charge in [0, 0.05) is 19.6 Å². The minimum Gasteiger partial charge on any atom is -0.481 e. The van der Waals surface area contributed by atoms with Gasteiger partial charge in [0.1, 0.15) is 0 Å². The molecular weight excluding hydrogens is 262 g/mol. The molecule has 0 saturated carbocycles. The fraction of sp³-hybridized carbons (Fsp3) is 0.429. The van der Waals surface area contributed by atoms with Gasteiger partial charge in [0.25, 0.3) is 0 Å². The summed E-state index contributed by atoms with van der Waals surface area (Å²) >= 11 is 0. The van der Waals surface area contributed by atoms with Crippen LogP contribution in [0.3, 0.4) is 0 Å². The van der Waals surface area contributed by atoms with Gasteiger partial charge in [-0.05, 0) is 24.6 Å². The van der Waals surface area contributed by atoms with Crippen molar-refractivity contribution >= 4 is 11.9 Å². The topological polar surface area (TPSA) is 98.1 Å². The van der Waals surface area contributed by atoms with E-state index in [0.717, 1.165) is 5.56 Å². The number of aromatic carboxylic acids is 1. The minimum atomic E-state index is -1.00. The van der Waals surface area contributed by atoms with E-state index < -0.39 is 18.0 Å². The van der Waals surface area contributed by atoms with E-state index in [0.29, 0.717) is 19.6 Å². The van der Waals surface area contributed by atoms with E-state index >= 15 is 0 Å². The SMILES string of the molecule is CC(O)CN(CCC(=O)O)Cc1cccc(C(=O)O)c1. The molecule has 0 radical (unpaired) electrons. The Balaban J connectivity index is 2.74. The van der Waals surface area contributed by atoms with Crippen molar-refractivity contribution < 1.29 is 24.9 Å². The van der Waals surface area contributed by atoms with E-state index in [4.69, 9.17) is 10.2 Å². The van der Waals surface area contributed by atoms with Gasteiger partial charge in [-0.15, -0.1) is 0 Å². The molecule has 1 atom stereocenters. The Morgan fingerprint density at radius 1 is 1.30 bits per heavy atom. The van der Waals surface area contributed by atoms with Crippen molar-refractivity contribution in [3.63, 3.8) is 0 Å². The van der Waals surface area contributed by atoms with E-state index in [1.54, 1.807) is 30.0 Å². The van der Waals surface area contributed by atoms with Crippen LogP contribution in [0.2, 0.25) is 0 Å². The number of carboxylic acids is 2. The molecule has 0 bridgehead atoms. The highest BCUT2D eigenvalue weighted by Crippen LogP contribution is 2.10. The van der Waals surface area contributed by atoms with Crippen LogP contribution in [0.1, 0.15) is 29.3 Å². The zero-order chi connectivity index (χ0) is 15.1. The molecule has 0 amide bonds. The lowest BCUT2D eigenvalue weighted by molar-refractivity contribution is -0.137. The molecule has 0 aliphatic rings. The minimum absolute atomic E-state index is 0.0225. The normalized spacial score (nSPS) is 12.3. The molecule has 3 N–H and O–H groups in total. The van der Waals surface area contributed by atoms with Gasteiger partial charge in [0.05, 0.1) is 18.1 Å². The molecule has 0 aliphatic heterocycles. The van der Waals surface area contributed by atoms with Gasteiger partial charge >= 0.3 is 11.9 Å². The lowest BCUT2D eigenvalue weighted by atomic mass is 10.1. The molecule has 0 spiro atoms. The number of aliphatic carboxylic acids is 1. The molecule has 110 valence electrons. The summed E-state index contributed by atoms with van der Waals surface area (Å²) < 4.78 is 0. The number of benzene rings is 1. The summed E-state index contributed by atoms with van der Waals surface area (Å²) in [5.74, 6) is -1.90. The van der Waals surface area contributed by atoms with Crippen molar-refractivity contribution in [2.45, 2.75) is 26.0 Å². The molecule has 0 aromatic heterocycles. The average molecular weight is 281 g/mol. The van der Waals surface area contributed by atoms with E-state index in [-0.39, 0.29) is 12.0 Å². The van der Waals surface area contributed by atoms with Crippen LogP contribution in [0.25, 0.3) is 0 Å². The largest absolute Gasteiger partial charge is 0.481 e. The van der Waals surface area contributed by atoms with E-state index in [9.17, 15) is 14.7 Å². The van der Waals surface area contributed by atoms with Crippen LogP contribution >= 0.6 is 0 Å². The third-order valence-corrected chi connectivity index (χ3v) is 2.74. The van der Waals surface area contributed by atoms with Gasteiger partial charge in [-0.1, -0.05) is 12.1 Å². The molecule has 0 heterocycles. The first-order valence-electron chi connectivity index (χ1n) is 6.33. The summed E-state index contributed by atoms with van der Waals surface area (Å²) in [6.07, 6.45) is -0.600. The van der Waals surface area contributed by atoms with Crippen molar-refractivity contribution in [2.75, 3.05) is 13.1 Å². The highest BCUT2D eigenvalue weighted by atomic mass is 16.4. The third kappa shape index (κ3) is 5.81. The molecule has 6 nitrogen and oxygen atoms in total. The molecular formula is C14H19NO5. The Morgan fingerprint density at radius 2 is 2.00 bits per heavy atom. The Bertz CT molecular complexity index is 472. The Kier molecular flexibility index (Phi) is 6.14. The van der Waals surface area contributed by atoms with Crippen LogP contribution in [0, 0.1) is 0 Å². The Morgan fingerprint density at radius 3 is 2.55 bits per heavy atom. The summed E-state index contributed by atoms with van der Waals surface area (Å²) in [5.41, 5.74) is 0.966. The zero-order valence-corrected chi connectivity index (χ0v) is 11.3. The van der Waals surface area contributed by atoms with E-state index in [1.807, 2.05) is 0 Å². The second-order valence-electron chi connectivity index (χ2n) is 4.73. The van der Waals surface area contributed by atoms with Crippen LogP contribution in [0.5, 0.6) is 0 Å². The van der Waals surface area contributed by atoms with Gasteiger partial charge in [0.2, 0.25) is 0 Å². The molecule has 1 rings (SSSR count). The number of rotatable bonds is 8. The van der Waals surface area contributed by atoms with Crippen molar-refractivity contribution in [3.05, 3.63) is 35.4 Å². The van der Waals surface area contributed by atoms with Crippen LogP contribution in [-0.2, 0) is 11.3 Å². The predicted molar refractivity (Wildman–Crippen MR) is 72.6 cm³/mol. The maximum absolute atomic E-state index is 10.9. The maximum atomic E-state index is 10.9. The van der Waals surface area contributed by atoms with E-state index in [2.05, 4.69) is 0 Å². The lowest BCUT2D eigenvalue weighted by Gasteiger charge is -2.23. The predicted octanol–water partition coefficient (Wildman–Crippen LogP) is 1.04. The second-order valence-corrected chi connectivity index (χ2v) is 4.73.